The van der Waals surface area contributed by atoms with E-state index in [2.05, 4.69) is 0 Å². The van der Waals surface area contributed by atoms with E-state index in [1.165, 1.54) is 13.2 Å². The summed E-state index contributed by atoms with van der Waals surface area (Å²) in [5, 5.41) is 10.0. The van der Waals surface area contributed by atoms with Gasteiger partial charge in [-0.1, -0.05) is 12.1 Å². The van der Waals surface area contributed by atoms with Gasteiger partial charge in [0.25, 0.3) is 0 Å². The fourth-order valence-corrected chi connectivity index (χ4v) is 2.19. The zero-order chi connectivity index (χ0) is 15.4. The van der Waals surface area contributed by atoms with Gasteiger partial charge in [-0.15, -0.1) is 0 Å². The normalized spacial score (nSPS) is 12.1. The molecular weight excluding hydrogens is 273 g/mol. The van der Waals surface area contributed by atoms with Crippen LogP contribution in [0.2, 0.25) is 0 Å². The van der Waals surface area contributed by atoms with Crippen LogP contribution >= 0.6 is 0 Å². The molecule has 2 aromatic rings. The molecule has 2 aromatic carbocycles. The summed E-state index contributed by atoms with van der Waals surface area (Å²) in [7, 11) is 1.49. The molecule has 0 heterocycles. The van der Waals surface area contributed by atoms with Gasteiger partial charge in [-0.25, -0.2) is 4.39 Å². The zero-order valence-electron chi connectivity index (χ0n) is 12.0. The van der Waals surface area contributed by atoms with Crippen LogP contribution in [0, 0.1) is 5.82 Å². The van der Waals surface area contributed by atoms with Crippen molar-refractivity contribution < 1.29 is 19.0 Å². The van der Waals surface area contributed by atoms with Gasteiger partial charge in [0, 0.05) is 18.7 Å². The third-order valence-corrected chi connectivity index (χ3v) is 3.15. The number of phenolic OH excluding ortho intramolecular Hbond substituents is 1. The van der Waals surface area contributed by atoms with E-state index in [0.29, 0.717) is 12.2 Å². The molecule has 5 heteroatoms. The third kappa shape index (κ3) is 3.25. The molecule has 0 saturated carbocycles. The molecule has 0 aliphatic heterocycles. The first-order valence-corrected chi connectivity index (χ1v) is 6.60. The van der Waals surface area contributed by atoms with Gasteiger partial charge < -0.3 is 20.3 Å². The number of anilines is 1. The lowest BCUT2D eigenvalue weighted by Gasteiger charge is -2.19. The van der Waals surface area contributed by atoms with Crippen LogP contribution in [0.15, 0.2) is 36.4 Å². The Balaban J connectivity index is 2.39. The van der Waals surface area contributed by atoms with Crippen LogP contribution in [0.25, 0.3) is 0 Å². The number of nitrogens with two attached hydrogens (primary N) is 1. The molecule has 0 amide bonds. The maximum Gasteiger partial charge on any atom is 0.144 e. The molecule has 0 radical (unpaired) electrons. The van der Waals surface area contributed by atoms with Crippen LogP contribution in [0.1, 0.15) is 24.2 Å². The number of ether oxygens (including phenoxy) is 2. The van der Waals surface area contributed by atoms with Gasteiger partial charge in [-0.3, -0.25) is 0 Å². The summed E-state index contributed by atoms with van der Waals surface area (Å²) < 4.78 is 24.3. The summed E-state index contributed by atoms with van der Waals surface area (Å²) in [6, 6.07) is 9.49. The van der Waals surface area contributed by atoms with Gasteiger partial charge in [0.15, 0.2) is 0 Å². The van der Waals surface area contributed by atoms with Crippen LogP contribution < -0.4 is 10.5 Å². The highest BCUT2D eigenvalue weighted by Gasteiger charge is 2.20. The number of rotatable bonds is 5. The van der Waals surface area contributed by atoms with Crippen molar-refractivity contribution in [3.05, 3.63) is 53.3 Å². The van der Waals surface area contributed by atoms with Gasteiger partial charge in [0.1, 0.15) is 23.4 Å². The topological polar surface area (TPSA) is 64.7 Å². The van der Waals surface area contributed by atoms with E-state index in [-0.39, 0.29) is 11.4 Å². The first-order valence-electron chi connectivity index (χ1n) is 6.60. The minimum Gasteiger partial charge on any atom is -0.505 e. The minimum absolute atomic E-state index is 0.0158. The monoisotopic (exact) mass is 291 g/mol. The van der Waals surface area contributed by atoms with E-state index in [1.807, 2.05) is 6.92 Å². The fourth-order valence-electron chi connectivity index (χ4n) is 2.19. The van der Waals surface area contributed by atoms with Crippen molar-refractivity contribution in [1.29, 1.82) is 0 Å². The van der Waals surface area contributed by atoms with Gasteiger partial charge in [-0.2, -0.15) is 0 Å². The first-order chi connectivity index (χ1) is 10.1. The largest absolute Gasteiger partial charge is 0.505 e. The molecule has 0 saturated heterocycles. The van der Waals surface area contributed by atoms with Gasteiger partial charge in [0.05, 0.1) is 12.3 Å². The highest BCUT2D eigenvalue weighted by Crippen LogP contribution is 2.36. The Morgan fingerprint density at radius 2 is 1.90 bits per heavy atom. The van der Waals surface area contributed by atoms with Crippen LogP contribution in [0.4, 0.5) is 10.1 Å². The van der Waals surface area contributed by atoms with Crippen molar-refractivity contribution in [2.45, 2.75) is 13.0 Å². The number of halogens is 1. The molecule has 3 N–H and O–H groups in total. The zero-order valence-corrected chi connectivity index (χ0v) is 12.0. The van der Waals surface area contributed by atoms with E-state index in [9.17, 15) is 9.50 Å². The average molecular weight is 291 g/mol. The lowest BCUT2D eigenvalue weighted by Crippen LogP contribution is -2.06. The van der Waals surface area contributed by atoms with Crippen molar-refractivity contribution in [2.75, 3.05) is 19.5 Å². The lowest BCUT2D eigenvalue weighted by atomic mass is 9.99. The number of nitrogen functional groups attached to an aromatic ring is 1. The quantitative estimate of drug-likeness (QED) is 0.655. The molecule has 1 atom stereocenters. The Hall–Kier alpha value is -2.27. The number of phenols is 1. The smallest absolute Gasteiger partial charge is 0.144 e. The Kier molecular flexibility index (Phi) is 4.65. The summed E-state index contributed by atoms with van der Waals surface area (Å²) in [6.45, 7) is 2.48. The molecule has 2 rings (SSSR count). The molecular formula is C16H18FNO3. The Labute approximate surface area is 122 Å². The number of methoxy groups -OCH3 is 1. The van der Waals surface area contributed by atoms with Crippen molar-refractivity contribution in [3.8, 4) is 11.5 Å². The molecule has 0 spiro atoms. The summed E-state index contributed by atoms with van der Waals surface area (Å²) >= 11 is 0. The van der Waals surface area contributed by atoms with E-state index in [0.717, 1.165) is 17.4 Å². The average Bonchev–Trinajstić information content (AvgIpc) is 2.47. The SMILES string of the molecule is CCOc1ccc(C(OC)c2cc(F)cc(N)c2O)cc1. The Morgan fingerprint density at radius 3 is 2.48 bits per heavy atom. The van der Waals surface area contributed by atoms with Crippen LogP contribution in [-0.4, -0.2) is 18.8 Å². The second-order valence-electron chi connectivity index (χ2n) is 4.55. The van der Waals surface area contributed by atoms with Gasteiger partial charge in [-0.05, 0) is 30.7 Å². The predicted molar refractivity (Wildman–Crippen MR) is 78.9 cm³/mol. The molecule has 4 nitrogen and oxygen atoms in total. The van der Waals surface area contributed by atoms with Crippen LogP contribution in [0.5, 0.6) is 11.5 Å². The maximum atomic E-state index is 13.5. The summed E-state index contributed by atoms with van der Waals surface area (Å²) in [4.78, 5) is 0. The molecule has 0 aliphatic carbocycles. The van der Waals surface area contributed by atoms with Crippen LogP contribution in [0.3, 0.4) is 0 Å². The van der Waals surface area contributed by atoms with Gasteiger partial charge in [0.2, 0.25) is 0 Å². The molecule has 0 bridgehead atoms. The van der Waals surface area contributed by atoms with Crippen molar-refractivity contribution in [2.24, 2.45) is 0 Å². The van der Waals surface area contributed by atoms with Crippen molar-refractivity contribution >= 4 is 5.69 Å². The number of hydrogen-bond donors (Lipinski definition) is 2. The van der Waals surface area contributed by atoms with E-state index in [1.54, 1.807) is 24.3 Å². The predicted octanol–water partition coefficient (Wildman–Crippen LogP) is 3.25. The highest BCUT2D eigenvalue weighted by atomic mass is 19.1. The van der Waals surface area contributed by atoms with Crippen molar-refractivity contribution in [1.82, 2.24) is 0 Å². The van der Waals surface area contributed by atoms with Gasteiger partial charge >= 0.3 is 0 Å². The Bertz CT molecular complexity index is 614. The first kappa shape index (κ1) is 15.1. The summed E-state index contributed by atoms with van der Waals surface area (Å²) in [6.07, 6.45) is -0.612. The fraction of sp³-hybridized carbons (Fsp3) is 0.250. The van der Waals surface area contributed by atoms with E-state index in [4.69, 9.17) is 15.2 Å². The molecule has 0 aliphatic rings. The number of hydrogen-bond acceptors (Lipinski definition) is 4. The van der Waals surface area contributed by atoms with E-state index >= 15 is 0 Å². The summed E-state index contributed by atoms with van der Waals surface area (Å²) in [5.41, 5.74) is 6.63. The second-order valence-corrected chi connectivity index (χ2v) is 4.55. The standard InChI is InChI=1S/C16H18FNO3/c1-3-21-12-6-4-10(5-7-12)16(20-2)13-8-11(17)9-14(18)15(13)19/h4-9,16,19H,3,18H2,1-2H3. The van der Waals surface area contributed by atoms with Crippen LogP contribution in [-0.2, 0) is 4.74 Å². The molecule has 112 valence electrons. The number of aromatic hydroxyl groups is 1. The Morgan fingerprint density at radius 1 is 1.24 bits per heavy atom. The molecule has 1 unspecified atom stereocenters. The maximum absolute atomic E-state index is 13.5. The lowest BCUT2D eigenvalue weighted by molar-refractivity contribution is 0.133. The van der Waals surface area contributed by atoms with E-state index < -0.39 is 11.9 Å². The molecule has 21 heavy (non-hydrogen) atoms. The minimum atomic E-state index is -0.612. The number of benzene rings is 2. The van der Waals surface area contributed by atoms with Crippen molar-refractivity contribution in [3.63, 3.8) is 0 Å². The molecule has 0 aromatic heterocycles. The molecule has 0 fully saturated rings. The summed E-state index contributed by atoms with van der Waals surface area (Å²) in [5.74, 6) is 0.0458. The third-order valence-electron chi connectivity index (χ3n) is 3.15. The second kappa shape index (κ2) is 6.45. The highest BCUT2D eigenvalue weighted by molar-refractivity contribution is 5.58.